The number of hydrogen-bond donors (Lipinski definition) is 0. The molecule has 0 saturated carbocycles. The summed E-state index contributed by atoms with van der Waals surface area (Å²) in [5.74, 6) is -0.802. The monoisotopic (exact) mass is 363 g/mol. The first kappa shape index (κ1) is 16.5. The van der Waals surface area contributed by atoms with Crippen molar-refractivity contribution in [2.45, 2.75) is 13.8 Å². The van der Waals surface area contributed by atoms with Gasteiger partial charge in [0.25, 0.3) is 0 Å². The molecule has 0 fully saturated rings. The smallest absolute Gasteiger partial charge is 0.211 e. The summed E-state index contributed by atoms with van der Waals surface area (Å²) in [6.07, 6.45) is 0. The summed E-state index contributed by atoms with van der Waals surface area (Å²) in [5, 5.41) is 0.562. The van der Waals surface area contributed by atoms with Crippen LogP contribution in [0.5, 0.6) is 0 Å². The maximum Gasteiger partial charge on any atom is 0.211 e. The van der Waals surface area contributed by atoms with Crippen molar-refractivity contribution in [2.24, 2.45) is 0 Å². The van der Waals surface area contributed by atoms with Gasteiger partial charge in [0.05, 0.1) is 11.1 Å². The van der Waals surface area contributed by atoms with Gasteiger partial charge in [-0.2, -0.15) is 0 Å². The van der Waals surface area contributed by atoms with Crippen molar-refractivity contribution in [2.75, 3.05) is 0 Å². The molecule has 0 aliphatic heterocycles. The molecule has 0 amide bonds. The van der Waals surface area contributed by atoms with E-state index in [9.17, 15) is 14.4 Å². The zero-order valence-electron chi connectivity index (χ0n) is 14.2. The van der Waals surface area contributed by atoms with Crippen molar-refractivity contribution in [1.29, 1.82) is 0 Å². The number of benzene rings is 2. The van der Waals surface area contributed by atoms with Gasteiger partial charge in [-0.25, -0.2) is 0 Å². The summed E-state index contributed by atoms with van der Waals surface area (Å²) < 4.78 is 1.68. The van der Waals surface area contributed by atoms with Crippen molar-refractivity contribution >= 4 is 29.0 Å². The van der Waals surface area contributed by atoms with Gasteiger partial charge in [-0.15, -0.1) is 0 Å². The van der Waals surface area contributed by atoms with Gasteiger partial charge in [-0.1, -0.05) is 35.9 Å². The number of aromatic nitrogens is 1. The number of fused-ring (bicyclic) bond motifs is 2. The summed E-state index contributed by atoms with van der Waals surface area (Å²) in [4.78, 5) is 38.6. The molecule has 0 spiro atoms. The highest BCUT2D eigenvalue weighted by molar-refractivity contribution is 6.31. The van der Waals surface area contributed by atoms with Gasteiger partial charge in [0.15, 0.2) is 11.6 Å². The van der Waals surface area contributed by atoms with Gasteiger partial charge in [0.1, 0.15) is 5.69 Å². The molecule has 3 aromatic rings. The highest BCUT2D eigenvalue weighted by atomic mass is 35.5. The van der Waals surface area contributed by atoms with Gasteiger partial charge in [-0.3, -0.25) is 14.4 Å². The number of ketones is 3. The summed E-state index contributed by atoms with van der Waals surface area (Å²) in [6, 6.07) is 13.6. The minimum absolute atomic E-state index is 0.189. The Balaban J connectivity index is 2.11. The minimum atomic E-state index is -0.295. The fourth-order valence-electron chi connectivity index (χ4n) is 3.61. The first-order valence-corrected chi connectivity index (χ1v) is 8.50. The third-order valence-corrected chi connectivity index (χ3v) is 4.95. The Morgan fingerprint density at radius 3 is 2.08 bits per heavy atom. The average Bonchev–Trinajstić information content (AvgIpc) is 2.94. The van der Waals surface area contributed by atoms with Crippen molar-refractivity contribution in [3.05, 3.63) is 87.2 Å². The van der Waals surface area contributed by atoms with Crippen molar-refractivity contribution in [1.82, 2.24) is 4.57 Å². The average molecular weight is 364 g/mol. The number of Topliss-reactive ketones (excluding diaryl/α,β-unsaturated/α-hetero) is 1. The Labute approximate surface area is 155 Å². The molecular formula is C21H14ClNO3. The predicted octanol–water partition coefficient (Wildman–Crippen LogP) is 4.42. The SMILES string of the molecule is CC(=O)c1c2c(n(-c3ccc(Cl)cc3)c1C)C(=O)c1ccccc1C2=O. The second kappa shape index (κ2) is 5.78. The quantitative estimate of drug-likeness (QED) is 0.495. The molecule has 0 N–H and O–H groups in total. The van der Waals surface area contributed by atoms with E-state index >= 15 is 0 Å². The summed E-state index contributed by atoms with van der Waals surface area (Å²) in [6.45, 7) is 3.15. The number of carbonyl (C=O) groups is 3. The van der Waals surface area contributed by atoms with E-state index in [-0.39, 0.29) is 28.6 Å². The van der Waals surface area contributed by atoms with E-state index in [0.29, 0.717) is 33.1 Å². The molecule has 0 atom stereocenters. The standard InChI is InChI=1S/C21H14ClNO3/c1-11-17(12(2)24)18-19(23(11)14-9-7-13(22)8-10-14)21(26)16-6-4-3-5-15(16)20(18)25/h3-10H,1-2H3. The number of nitrogens with zero attached hydrogens (tertiary/aromatic N) is 1. The molecule has 1 aliphatic rings. The highest BCUT2D eigenvalue weighted by Gasteiger charge is 2.38. The van der Waals surface area contributed by atoms with Crippen LogP contribution >= 0.6 is 11.6 Å². The summed E-state index contributed by atoms with van der Waals surface area (Å²) in [5.41, 5.74) is 2.65. The van der Waals surface area contributed by atoms with Crippen molar-refractivity contribution < 1.29 is 14.4 Å². The lowest BCUT2D eigenvalue weighted by atomic mass is 9.85. The van der Waals surface area contributed by atoms with Gasteiger partial charge in [0.2, 0.25) is 5.78 Å². The molecule has 1 aliphatic carbocycles. The minimum Gasteiger partial charge on any atom is -0.310 e. The maximum absolute atomic E-state index is 13.2. The lowest BCUT2D eigenvalue weighted by Crippen LogP contribution is -2.23. The van der Waals surface area contributed by atoms with E-state index in [2.05, 4.69) is 0 Å². The lowest BCUT2D eigenvalue weighted by Gasteiger charge is -2.17. The predicted molar refractivity (Wildman–Crippen MR) is 98.8 cm³/mol. The van der Waals surface area contributed by atoms with Crippen LogP contribution in [0.15, 0.2) is 48.5 Å². The first-order valence-electron chi connectivity index (χ1n) is 8.12. The van der Waals surface area contributed by atoms with Crippen LogP contribution in [0.1, 0.15) is 54.9 Å². The number of hydrogen-bond acceptors (Lipinski definition) is 3. The molecule has 1 aromatic heterocycles. The van der Waals surface area contributed by atoms with E-state index in [1.807, 2.05) is 0 Å². The Hall–Kier alpha value is -2.98. The number of halogens is 1. The highest BCUT2D eigenvalue weighted by Crippen LogP contribution is 2.35. The zero-order chi connectivity index (χ0) is 18.6. The van der Waals surface area contributed by atoms with E-state index < -0.39 is 0 Å². The molecule has 5 heteroatoms. The molecule has 0 bridgehead atoms. The Morgan fingerprint density at radius 1 is 0.923 bits per heavy atom. The lowest BCUT2D eigenvalue weighted by molar-refractivity contribution is 0.0967. The van der Waals surface area contributed by atoms with Gasteiger partial charge >= 0.3 is 0 Å². The van der Waals surface area contributed by atoms with Crippen molar-refractivity contribution in [3.63, 3.8) is 0 Å². The molecular weight excluding hydrogens is 350 g/mol. The Kier molecular flexibility index (Phi) is 3.67. The van der Waals surface area contributed by atoms with Crippen LogP contribution in [0.3, 0.4) is 0 Å². The maximum atomic E-state index is 13.2. The Bertz CT molecular complexity index is 1110. The molecule has 4 rings (SSSR count). The third-order valence-electron chi connectivity index (χ3n) is 4.70. The van der Waals surface area contributed by atoms with E-state index in [1.165, 1.54) is 6.92 Å². The number of rotatable bonds is 2. The van der Waals surface area contributed by atoms with Crippen LogP contribution in [0.4, 0.5) is 0 Å². The van der Waals surface area contributed by atoms with Crippen LogP contribution in [-0.2, 0) is 0 Å². The second-order valence-electron chi connectivity index (χ2n) is 6.26. The van der Waals surface area contributed by atoms with Crippen molar-refractivity contribution in [3.8, 4) is 5.69 Å². The second-order valence-corrected chi connectivity index (χ2v) is 6.69. The first-order chi connectivity index (χ1) is 12.4. The van der Waals surface area contributed by atoms with E-state index in [0.717, 1.165) is 0 Å². The third kappa shape index (κ3) is 2.19. The summed E-state index contributed by atoms with van der Waals surface area (Å²) >= 11 is 5.97. The van der Waals surface area contributed by atoms with Gasteiger partial charge in [0, 0.05) is 27.5 Å². The van der Waals surface area contributed by atoms with Crippen LogP contribution in [0.25, 0.3) is 5.69 Å². The van der Waals surface area contributed by atoms with E-state index in [4.69, 9.17) is 11.6 Å². The fourth-order valence-corrected chi connectivity index (χ4v) is 3.74. The molecule has 0 radical (unpaired) electrons. The Morgan fingerprint density at radius 2 is 1.50 bits per heavy atom. The molecule has 0 saturated heterocycles. The fraction of sp³-hybridized carbons (Fsp3) is 0.0952. The molecule has 4 nitrogen and oxygen atoms in total. The molecule has 26 heavy (non-hydrogen) atoms. The van der Waals surface area contributed by atoms with E-state index in [1.54, 1.807) is 60.0 Å². The van der Waals surface area contributed by atoms with Crippen LogP contribution in [0, 0.1) is 6.92 Å². The molecule has 2 aromatic carbocycles. The normalized spacial score (nSPS) is 12.7. The van der Waals surface area contributed by atoms with Crippen LogP contribution in [0.2, 0.25) is 5.02 Å². The summed E-state index contributed by atoms with van der Waals surface area (Å²) in [7, 11) is 0. The topological polar surface area (TPSA) is 56.1 Å². The number of carbonyl (C=O) groups excluding carboxylic acids is 3. The van der Waals surface area contributed by atoms with Crippen LogP contribution in [-0.4, -0.2) is 21.9 Å². The van der Waals surface area contributed by atoms with Crippen LogP contribution < -0.4 is 0 Å². The zero-order valence-corrected chi connectivity index (χ0v) is 14.9. The largest absolute Gasteiger partial charge is 0.310 e. The molecule has 0 unspecified atom stereocenters. The van der Waals surface area contributed by atoms with Gasteiger partial charge < -0.3 is 4.57 Å². The molecule has 128 valence electrons. The molecule has 1 heterocycles. The van der Waals surface area contributed by atoms with Gasteiger partial charge in [-0.05, 0) is 38.1 Å².